The molecule has 2 nitrogen and oxygen atoms in total. The average molecular weight is 471 g/mol. The van der Waals surface area contributed by atoms with Crippen LogP contribution in [0.3, 0.4) is 0 Å². The molecule has 2 aromatic carbocycles. The zero-order valence-corrected chi connectivity index (χ0v) is 16.4. The summed E-state index contributed by atoms with van der Waals surface area (Å²) in [6.07, 6.45) is -4.03. The quantitative estimate of drug-likeness (QED) is 0.394. The van der Waals surface area contributed by atoms with E-state index in [1.54, 1.807) is 29.7 Å². The van der Waals surface area contributed by atoms with Gasteiger partial charge in [0.1, 0.15) is 6.73 Å². The van der Waals surface area contributed by atoms with Crippen molar-refractivity contribution in [2.45, 2.75) is 19.8 Å². The van der Waals surface area contributed by atoms with Gasteiger partial charge in [-0.15, -0.1) is 0 Å². The molecule has 0 N–H and O–H groups in total. The third kappa shape index (κ3) is 3.81. The van der Waals surface area contributed by atoms with Crippen molar-refractivity contribution in [3.63, 3.8) is 0 Å². The van der Waals surface area contributed by atoms with E-state index in [1.165, 1.54) is 0 Å². The summed E-state index contributed by atoms with van der Waals surface area (Å²) < 4.78 is 46.5. The lowest BCUT2D eigenvalue weighted by atomic mass is 10.0. The number of aryl methyl sites for hydroxylation is 1. The van der Waals surface area contributed by atoms with Crippen LogP contribution in [0.2, 0.25) is 0 Å². The highest BCUT2D eigenvalue weighted by molar-refractivity contribution is 14.1. The molecule has 0 aliphatic rings. The van der Waals surface area contributed by atoms with Gasteiger partial charge in [-0.05, 0) is 46.7 Å². The van der Waals surface area contributed by atoms with E-state index in [1.807, 2.05) is 60.0 Å². The lowest BCUT2D eigenvalue weighted by molar-refractivity contribution is -0.0791. The summed E-state index contributed by atoms with van der Waals surface area (Å²) >= 11 is 1.77. The number of benzene rings is 2. The summed E-state index contributed by atoms with van der Waals surface area (Å²) in [5, 5.41) is 0.774. The number of methoxy groups -OCH3 is 1. The predicted molar refractivity (Wildman–Crippen MR) is 107 cm³/mol. The second kappa shape index (κ2) is 7.44. The molecule has 0 fully saturated rings. The molecule has 1 heterocycles. The maximum atomic E-state index is 13.0. The summed E-state index contributed by atoms with van der Waals surface area (Å²) in [6, 6.07) is 15.2. The van der Waals surface area contributed by atoms with E-state index < -0.39 is 6.18 Å². The number of fused-ring (bicyclic) bond motifs is 1. The predicted octanol–water partition coefficient (Wildman–Crippen LogP) is 6.56. The number of alkyl halides is 3. The zero-order chi connectivity index (χ0) is 18.9. The standard InChI is InChI=1S/C20H17F3INO/c1-13-8-9-15-17(10-13)25(12-26-2)19(14-6-4-3-5-7-14)18(15)16(24)11-20(21,22)23/h3-11H,12H2,1-2H3/b16-11+. The van der Waals surface area contributed by atoms with E-state index in [0.717, 1.165) is 27.7 Å². The second-order valence-corrected chi connectivity index (χ2v) is 7.15. The number of aromatic nitrogens is 1. The Balaban J connectivity index is 2.43. The average Bonchev–Trinajstić information content (AvgIpc) is 2.88. The molecule has 0 spiro atoms. The highest BCUT2D eigenvalue weighted by atomic mass is 127. The van der Waals surface area contributed by atoms with Gasteiger partial charge in [-0.3, -0.25) is 0 Å². The minimum atomic E-state index is -4.38. The molecule has 1 aromatic heterocycles. The Morgan fingerprint density at radius 3 is 2.46 bits per heavy atom. The third-order valence-electron chi connectivity index (χ3n) is 4.05. The Bertz CT molecular complexity index is 959. The van der Waals surface area contributed by atoms with Crippen LogP contribution in [0.5, 0.6) is 0 Å². The van der Waals surface area contributed by atoms with E-state index in [9.17, 15) is 13.2 Å². The molecule has 0 bridgehead atoms. The van der Waals surface area contributed by atoms with Crippen LogP contribution in [-0.2, 0) is 11.5 Å². The number of hydrogen-bond donors (Lipinski definition) is 0. The van der Waals surface area contributed by atoms with Gasteiger partial charge >= 0.3 is 6.18 Å². The molecule has 0 aliphatic carbocycles. The van der Waals surface area contributed by atoms with Crippen LogP contribution in [0.1, 0.15) is 11.1 Å². The number of ether oxygens (including phenoxy) is 1. The molecule has 0 unspecified atom stereocenters. The minimum absolute atomic E-state index is 0.151. The van der Waals surface area contributed by atoms with Crippen LogP contribution in [0.4, 0.5) is 13.2 Å². The van der Waals surface area contributed by atoms with Crippen LogP contribution in [-0.4, -0.2) is 17.9 Å². The maximum absolute atomic E-state index is 13.0. The number of allylic oxidation sites excluding steroid dienone is 1. The highest BCUT2D eigenvalue weighted by Crippen LogP contribution is 2.42. The molecule has 6 heteroatoms. The van der Waals surface area contributed by atoms with Crippen LogP contribution in [0, 0.1) is 6.92 Å². The van der Waals surface area contributed by atoms with Crippen LogP contribution in [0.25, 0.3) is 25.7 Å². The lowest BCUT2D eigenvalue weighted by Crippen LogP contribution is -2.04. The van der Waals surface area contributed by atoms with Crippen molar-refractivity contribution < 1.29 is 17.9 Å². The van der Waals surface area contributed by atoms with Crippen LogP contribution >= 0.6 is 22.6 Å². The van der Waals surface area contributed by atoms with Gasteiger partial charge in [0.15, 0.2) is 0 Å². The summed E-state index contributed by atoms with van der Waals surface area (Å²) in [5.41, 5.74) is 4.02. The van der Waals surface area contributed by atoms with Gasteiger partial charge in [0.05, 0.1) is 11.2 Å². The number of hydrogen-bond acceptors (Lipinski definition) is 1. The van der Waals surface area contributed by atoms with E-state index in [2.05, 4.69) is 0 Å². The van der Waals surface area contributed by atoms with Gasteiger partial charge in [0.2, 0.25) is 0 Å². The Morgan fingerprint density at radius 2 is 1.85 bits per heavy atom. The van der Waals surface area contributed by atoms with Crippen molar-refractivity contribution in [2.24, 2.45) is 0 Å². The summed E-state index contributed by atoms with van der Waals surface area (Å²) in [7, 11) is 1.58. The largest absolute Gasteiger partial charge is 0.410 e. The zero-order valence-electron chi connectivity index (χ0n) is 14.3. The second-order valence-electron chi connectivity index (χ2n) is 5.99. The first-order valence-corrected chi connectivity index (χ1v) is 9.02. The molecule has 136 valence electrons. The smallest absolute Gasteiger partial charge is 0.364 e. The number of halogens is 4. The molecule has 0 radical (unpaired) electrons. The fourth-order valence-corrected chi connectivity index (χ4v) is 3.98. The van der Waals surface area contributed by atoms with Gasteiger partial charge < -0.3 is 9.30 Å². The third-order valence-corrected chi connectivity index (χ3v) is 4.91. The Hall–Kier alpha value is -1.80. The monoisotopic (exact) mass is 471 g/mol. The van der Waals surface area contributed by atoms with E-state index in [-0.39, 0.29) is 10.3 Å². The maximum Gasteiger partial charge on any atom is 0.410 e. The first-order chi connectivity index (χ1) is 12.3. The van der Waals surface area contributed by atoms with Crippen LogP contribution < -0.4 is 0 Å². The number of rotatable bonds is 4. The molecule has 0 saturated carbocycles. The first kappa shape index (κ1) is 19.0. The molecular weight excluding hydrogens is 454 g/mol. The van der Waals surface area contributed by atoms with E-state index >= 15 is 0 Å². The Kier molecular flexibility index (Phi) is 5.43. The molecule has 3 rings (SSSR count). The summed E-state index contributed by atoms with van der Waals surface area (Å²) in [4.78, 5) is 0. The Morgan fingerprint density at radius 1 is 1.15 bits per heavy atom. The van der Waals surface area contributed by atoms with E-state index in [0.29, 0.717) is 11.6 Å². The highest BCUT2D eigenvalue weighted by Gasteiger charge is 2.27. The minimum Gasteiger partial charge on any atom is -0.364 e. The van der Waals surface area contributed by atoms with Crippen molar-refractivity contribution in [3.05, 3.63) is 65.7 Å². The number of nitrogens with zero attached hydrogens (tertiary/aromatic N) is 1. The molecule has 0 amide bonds. The normalized spacial score (nSPS) is 12.8. The molecule has 26 heavy (non-hydrogen) atoms. The van der Waals surface area contributed by atoms with Gasteiger partial charge in [-0.2, -0.15) is 13.2 Å². The van der Waals surface area contributed by atoms with Gasteiger partial charge in [-0.25, -0.2) is 0 Å². The topological polar surface area (TPSA) is 14.2 Å². The van der Waals surface area contributed by atoms with Gasteiger partial charge in [0, 0.05) is 27.7 Å². The molecule has 3 aromatic rings. The fraction of sp³-hybridized carbons (Fsp3) is 0.200. The summed E-state index contributed by atoms with van der Waals surface area (Å²) in [5.74, 6) is 0. The fourth-order valence-electron chi connectivity index (χ4n) is 3.08. The van der Waals surface area contributed by atoms with Crippen molar-refractivity contribution in [1.82, 2.24) is 4.57 Å². The lowest BCUT2D eigenvalue weighted by Gasteiger charge is -2.12. The summed E-state index contributed by atoms with van der Waals surface area (Å²) in [6.45, 7) is 2.21. The van der Waals surface area contributed by atoms with Crippen LogP contribution in [0.15, 0.2) is 54.6 Å². The molecular formula is C20H17F3INO. The van der Waals surface area contributed by atoms with Gasteiger partial charge in [-0.1, -0.05) is 42.5 Å². The van der Waals surface area contributed by atoms with Crippen molar-refractivity contribution >= 4 is 37.1 Å². The Labute approximate surface area is 163 Å². The van der Waals surface area contributed by atoms with Crippen molar-refractivity contribution in [3.8, 4) is 11.3 Å². The van der Waals surface area contributed by atoms with Crippen molar-refractivity contribution in [2.75, 3.05) is 7.11 Å². The molecule has 0 aliphatic heterocycles. The van der Waals surface area contributed by atoms with Gasteiger partial charge in [0.25, 0.3) is 0 Å². The molecule has 0 saturated heterocycles. The molecule has 0 atom stereocenters. The first-order valence-electron chi connectivity index (χ1n) is 7.94. The van der Waals surface area contributed by atoms with E-state index in [4.69, 9.17) is 4.74 Å². The SMILES string of the molecule is COCn1c(-c2ccccc2)c(/C(I)=C\C(F)(F)F)c2ccc(C)cc21. The van der Waals surface area contributed by atoms with Crippen molar-refractivity contribution in [1.29, 1.82) is 0 Å².